The molecule has 2 rings (SSSR count). The van der Waals surface area contributed by atoms with Crippen LogP contribution in [0.4, 0.5) is 0 Å². The maximum Gasteiger partial charge on any atom is 0.326 e. The molecule has 1 atom stereocenters. The minimum atomic E-state index is -1.15. The predicted octanol–water partition coefficient (Wildman–Crippen LogP) is 2.44. The number of carboxylic acids is 1. The molecule has 7 nitrogen and oxygen atoms in total. The molecular weight excluding hydrogens is 350 g/mol. The Morgan fingerprint density at radius 1 is 1.07 bits per heavy atom. The number of aliphatic carboxylic acids is 1. The van der Waals surface area contributed by atoms with Gasteiger partial charge in [0.25, 0.3) is 5.91 Å². The SMILES string of the molecule is CCOc1cccc(C(=O)NC(Cc2ccc(OC(C)=O)cc2)C(=O)O)c1. The molecule has 0 spiro atoms. The molecule has 0 saturated carbocycles. The zero-order valence-electron chi connectivity index (χ0n) is 15.1. The van der Waals surface area contributed by atoms with E-state index >= 15 is 0 Å². The van der Waals surface area contributed by atoms with Gasteiger partial charge in [-0.1, -0.05) is 18.2 Å². The van der Waals surface area contributed by atoms with Crippen LogP contribution in [-0.2, 0) is 16.0 Å². The van der Waals surface area contributed by atoms with Gasteiger partial charge in [0.1, 0.15) is 17.5 Å². The first kappa shape index (κ1) is 20.0. The third-order valence-corrected chi connectivity index (χ3v) is 3.64. The summed E-state index contributed by atoms with van der Waals surface area (Å²) in [6.45, 7) is 3.59. The van der Waals surface area contributed by atoms with Crippen LogP contribution < -0.4 is 14.8 Å². The largest absolute Gasteiger partial charge is 0.494 e. The van der Waals surface area contributed by atoms with Crippen molar-refractivity contribution in [1.29, 1.82) is 0 Å². The number of carbonyl (C=O) groups excluding carboxylic acids is 2. The average molecular weight is 371 g/mol. The highest BCUT2D eigenvalue weighted by Gasteiger charge is 2.21. The molecular formula is C20H21NO6. The Bertz CT molecular complexity index is 815. The molecule has 0 radical (unpaired) electrons. The Balaban J connectivity index is 2.06. The van der Waals surface area contributed by atoms with Crippen molar-refractivity contribution >= 4 is 17.8 Å². The molecule has 2 N–H and O–H groups in total. The van der Waals surface area contributed by atoms with Gasteiger partial charge in [0.2, 0.25) is 0 Å². The van der Waals surface area contributed by atoms with E-state index in [4.69, 9.17) is 9.47 Å². The fourth-order valence-electron chi connectivity index (χ4n) is 2.43. The van der Waals surface area contributed by atoms with Gasteiger partial charge in [-0.25, -0.2) is 4.79 Å². The Labute approximate surface area is 156 Å². The smallest absolute Gasteiger partial charge is 0.326 e. The van der Waals surface area contributed by atoms with E-state index < -0.39 is 23.9 Å². The number of esters is 1. The van der Waals surface area contributed by atoms with Crippen molar-refractivity contribution in [3.63, 3.8) is 0 Å². The van der Waals surface area contributed by atoms with Crippen LogP contribution in [0, 0.1) is 0 Å². The summed E-state index contributed by atoms with van der Waals surface area (Å²) >= 11 is 0. The predicted molar refractivity (Wildman–Crippen MR) is 98.0 cm³/mol. The van der Waals surface area contributed by atoms with E-state index in [1.54, 1.807) is 48.5 Å². The fraction of sp³-hybridized carbons (Fsp3) is 0.250. The first-order chi connectivity index (χ1) is 12.9. The van der Waals surface area contributed by atoms with Crippen LogP contribution in [0.5, 0.6) is 11.5 Å². The third-order valence-electron chi connectivity index (χ3n) is 3.64. The standard InChI is InChI=1S/C20H21NO6/c1-3-26-17-6-4-5-15(12-17)19(23)21-18(20(24)25)11-14-7-9-16(10-8-14)27-13(2)22/h4-10,12,18H,3,11H2,1-2H3,(H,21,23)(H,24,25). The molecule has 142 valence electrons. The van der Waals surface area contributed by atoms with E-state index in [9.17, 15) is 19.5 Å². The Morgan fingerprint density at radius 2 is 1.78 bits per heavy atom. The van der Waals surface area contributed by atoms with Crippen LogP contribution in [-0.4, -0.2) is 35.6 Å². The van der Waals surface area contributed by atoms with Crippen molar-refractivity contribution in [3.8, 4) is 11.5 Å². The highest BCUT2D eigenvalue weighted by Crippen LogP contribution is 2.15. The van der Waals surface area contributed by atoms with Crippen molar-refractivity contribution in [2.75, 3.05) is 6.61 Å². The minimum absolute atomic E-state index is 0.0899. The average Bonchev–Trinajstić information content (AvgIpc) is 2.62. The first-order valence-corrected chi connectivity index (χ1v) is 8.43. The van der Waals surface area contributed by atoms with Crippen molar-refractivity contribution in [3.05, 3.63) is 59.7 Å². The summed E-state index contributed by atoms with van der Waals surface area (Å²) in [5.74, 6) is -1.17. The molecule has 0 aliphatic carbocycles. The number of benzene rings is 2. The number of nitrogens with one attached hydrogen (secondary N) is 1. The number of ether oxygens (including phenoxy) is 2. The minimum Gasteiger partial charge on any atom is -0.494 e. The topological polar surface area (TPSA) is 102 Å². The summed E-state index contributed by atoms with van der Waals surface area (Å²) in [5, 5.41) is 12.0. The molecule has 0 saturated heterocycles. The van der Waals surface area contributed by atoms with Crippen LogP contribution in [0.25, 0.3) is 0 Å². The van der Waals surface area contributed by atoms with E-state index in [0.29, 0.717) is 29.2 Å². The number of carbonyl (C=O) groups is 3. The van der Waals surface area contributed by atoms with Crippen molar-refractivity contribution in [1.82, 2.24) is 5.32 Å². The molecule has 0 aliphatic rings. The zero-order chi connectivity index (χ0) is 19.8. The maximum absolute atomic E-state index is 12.4. The summed E-state index contributed by atoms with van der Waals surface area (Å²) in [4.78, 5) is 34.9. The lowest BCUT2D eigenvalue weighted by molar-refractivity contribution is -0.139. The lowest BCUT2D eigenvalue weighted by Gasteiger charge is -2.15. The molecule has 0 aliphatic heterocycles. The van der Waals surface area contributed by atoms with Gasteiger partial charge in [-0.3, -0.25) is 9.59 Å². The van der Waals surface area contributed by atoms with Crippen LogP contribution in [0.1, 0.15) is 29.8 Å². The number of carboxylic acid groups (broad SMARTS) is 1. The molecule has 2 aromatic carbocycles. The molecule has 0 bridgehead atoms. The molecule has 27 heavy (non-hydrogen) atoms. The summed E-state index contributed by atoms with van der Waals surface area (Å²) in [7, 11) is 0. The van der Waals surface area contributed by atoms with E-state index in [2.05, 4.69) is 5.32 Å². The molecule has 2 aromatic rings. The van der Waals surface area contributed by atoms with E-state index in [0.717, 1.165) is 0 Å². The Kier molecular flexibility index (Phi) is 6.93. The lowest BCUT2D eigenvalue weighted by atomic mass is 10.1. The highest BCUT2D eigenvalue weighted by molar-refractivity contribution is 5.97. The van der Waals surface area contributed by atoms with Gasteiger partial charge in [-0.15, -0.1) is 0 Å². The van der Waals surface area contributed by atoms with E-state index in [1.165, 1.54) is 6.92 Å². The van der Waals surface area contributed by atoms with E-state index in [-0.39, 0.29) is 6.42 Å². The summed E-state index contributed by atoms with van der Waals surface area (Å²) in [6.07, 6.45) is 0.0899. The van der Waals surface area contributed by atoms with Gasteiger partial charge in [0.05, 0.1) is 6.61 Å². The van der Waals surface area contributed by atoms with Gasteiger partial charge in [-0.2, -0.15) is 0 Å². The maximum atomic E-state index is 12.4. The van der Waals surface area contributed by atoms with Crippen LogP contribution in [0.15, 0.2) is 48.5 Å². The number of rotatable bonds is 8. The Morgan fingerprint density at radius 3 is 2.37 bits per heavy atom. The van der Waals surface area contributed by atoms with Crippen molar-refractivity contribution in [2.24, 2.45) is 0 Å². The molecule has 0 fully saturated rings. The second-order valence-electron chi connectivity index (χ2n) is 5.77. The van der Waals surface area contributed by atoms with Crippen molar-refractivity contribution < 1.29 is 29.0 Å². The van der Waals surface area contributed by atoms with Gasteiger partial charge in [-0.05, 0) is 42.8 Å². The summed E-state index contributed by atoms with van der Waals surface area (Å²) < 4.78 is 10.3. The van der Waals surface area contributed by atoms with Gasteiger partial charge in [0, 0.05) is 18.9 Å². The number of hydrogen-bond acceptors (Lipinski definition) is 5. The van der Waals surface area contributed by atoms with E-state index in [1.807, 2.05) is 6.92 Å². The fourth-order valence-corrected chi connectivity index (χ4v) is 2.43. The van der Waals surface area contributed by atoms with Gasteiger partial charge >= 0.3 is 11.9 Å². The van der Waals surface area contributed by atoms with Gasteiger partial charge in [0.15, 0.2) is 0 Å². The molecule has 1 amide bonds. The zero-order valence-corrected chi connectivity index (χ0v) is 15.1. The molecule has 1 unspecified atom stereocenters. The molecule has 0 aromatic heterocycles. The summed E-state index contributed by atoms with van der Waals surface area (Å²) in [5.41, 5.74) is 0.999. The first-order valence-electron chi connectivity index (χ1n) is 8.43. The Hall–Kier alpha value is -3.35. The number of amides is 1. The van der Waals surface area contributed by atoms with Crippen LogP contribution >= 0.6 is 0 Å². The second-order valence-corrected chi connectivity index (χ2v) is 5.77. The third kappa shape index (κ3) is 6.14. The highest BCUT2D eigenvalue weighted by atomic mass is 16.5. The molecule has 0 heterocycles. The quantitative estimate of drug-likeness (QED) is 0.546. The molecule has 7 heteroatoms. The van der Waals surface area contributed by atoms with Gasteiger partial charge < -0.3 is 19.9 Å². The van der Waals surface area contributed by atoms with Crippen LogP contribution in [0.3, 0.4) is 0 Å². The normalized spacial score (nSPS) is 11.3. The van der Waals surface area contributed by atoms with Crippen molar-refractivity contribution in [2.45, 2.75) is 26.3 Å². The lowest BCUT2D eigenvalue weighted by Crippen LogP contribution is -2.42. The second kappa shape index (κ2) is 9.38. The van der Waals surface area contributed by atoms with Crippen LogP contribution in [0.2, 0.25) is 0 Å². The monoisotopic (exact) mass is 371 g/mol. The number of hydrogen-bond donors (Lipinski definition) is 2. The summed E-state index contributed by atoms with van der Waals surface area (Å²) in [6, 6.07) is 11.9.